The third-order valence-corrected chi connectivity index (χ3v) is 6.68. The lowest BCUT2D eigenvalue weighted by Crippen LogP contribution is -2.29. The van der Waals surface area contributed by atoms with Crippen LogP contribution in [-0.2, 0) is 25.2 Å². The maximum atomic E-state index is 13.0. The molecular weight excluding hydrogens is 543 g/mol. The van der Waals surface area contributed by atoms with Gasteiger partial charge in [-0.15, -0.1) is 0 Å². The summed E-state index contributed by atoms with van der Waals surface area (Å²) in [6.45, 7) is 1.86. The van der Waals surface area contributed by atoms with Gasteiger partial charge in [0.25, 0.3) is 0 Å². The van der Waals surface area contributed by atoms with Crippen LogP contribution in [0.25, 0.3) is 0 Å². The molecule has 0 spiro atoms. The van der Waals surface area contributed by atoms with Gasteiger partial charge in [-0.3, -0.25) is 4.79 Å². The number of carbonyl (C=O) groups excluding carboxylic acids is 2. The van der Waals surface area contributed by atoms with Crippen LogP contribution in [0.15, 0.2) is 70.4 Å². The molecule has 0 saturated carbocycles. The Balaban J connectivity index is 1.85. The Hall–Kier alpha value is -3.46. The van der Waals surface area contributed by atoms with Gasteiger partial charge in [0, 0.05) is 23.5 Å². The van der Waals surface area contributed by atoms with Gasteiger partial charge in [-0.1, -0.05) is 41.6 Å². The van der Waals surface area contributed by atoms with E-state index >= 15 is 0 Å². The second kappa shape index (κ2) is 12.9. The number of dihydropyridines is 1. The van der Waals surface area contributed by atoms with Crippen molar-refractivity contribution in [2.24, 2.45) is 0 Å². The van der Waals surface area contributed by atoms with Crippen molar-refractivity contribution in [1.82, 2.24) is 5.32 Å². The van der Waals surface area contributed by atoms with Crippen molar-refractivity contribution in [3.8, 4) is 6.07 Å². The molecule has 1 heterocycles. The van der Waals surface area contributed by atoms with E-state index in [4.69, 9.17) is 21.1 Å². The molecule has 1 aliphatic rings. The molecule has 0 radical (unpaired) electrons. The Kier molecular flexibility index (Phi) is 9.85. The topological polar surface area (TPSA) is 100 Å². The number of nitriles is 1. The number of alkyl halides is 3. The van der Waals surface area contributed by atoms with Crippen LogP contribution in [0.4, 0.5) is 18.9 Å². The van der Waals surface area contributed by atoms with E-state index in [-0.39, 0.29) is 35.8 Å². The standard InChI is InChI=1S/C26H23ClF3N3O4S/c1-15-22(25(35)37-11-10-36-2)23(16-6-8-18(27)9-7-16)20(13-31)24(32-15)38-14-21(34)33-19-5-3-4-17(12-19)26(28,29)30/h3-9,12,23,32H,10-11,14H2,1-2H3,(H,33,34). The van der Waals surface area contributed by atoms with Crippen LogP contribution >= 0.6 is 23.4 Å². The van der Waals surface area contributed by atoms with E-state index in [1.165, 1.54) is 19.2 Å². The van der Waals surface area contributed by atoms with E-state index in [0.29, 0.717) is 21.3 Å². The summed E-state index contributed by atoms with van der Waals surface area (Å²) in [6, 6.07) is 13.1. The lowest BCUT2D eigenvalue weighted by atomic mass is 9.82. The van der Waals surface area contributed by atoms with Gasteiger partial charge in [-0.25, -0.2) is 4.79 Å². The van der Waals surface area contributed by atoms with Crippen LogP contribution < -0.4 is 10.6 Å². The van der Waals surface area contributed by atoms with Gasteiger partial charge in [0.15, 0.2) is 0 Å². The number of hydrogen-bond acceptors (Lipinski definition) is 7. The second-order valence-electron chi connectivity index (χ2n) is 8.05. The number of benzene rings is 2. The molecular formula is C26H23ClF3N3O4S. The zero-order valence-electron chi connectivity index (χ0n) is 20.3. The lowest BCUT2D eigenvalue weighted by molar-refractivity contribution is -0.140. The van der Waals surface area contributed by atoms with Gasteiger partial charge >= 0.3 is 12.1 Å². The molecule has 2 aromatic rings. The van der Waals surface area contributed by atoms with Crippen molar-refractivity contribution in [1.29, 1.82) is 5.26 Å². The Morgan fingerprint density at radius 1 is 1.18 bits per heavy atom. The summed E-state index contributed by atoms with van der Waals surface area (Å²) in [4.78, 5) is 25.5. The third-order valence-electron chi connectivity index (χ3n) is 5.41. The highest BCUT2D eigenvalue weighted by molar-refractivity contribution is 8.03. The van der Waals surface area contributed by atoms with E-state index in [2.05, 4.69) is 16.7 Å². The fourth-order valence-corrected chi connectivity index (χ4v) is 4.71. The van der Waals surface area contributed by atoms with E-state index in [1.54, 1.807) is 31.2 Å². The van der Waals surface area contributed by atoms with Crippen LogP contribution in [0.3, 0.4) is 0 Å². The first-order valence-corrected chi connectivity index (χ1v) is 12.5. The minimum absolute atomic E-state index is 0.00674. The minimum Gasteiger partial charge on any atom is -0.460 e. The maximum Gasteiger partial charge on any atom is 0.416 e. The number of esters is 1. The van der Waals surface area contributed by atoms with Crippen LogP contribution in [0.1, 0.15) is 24.0 Å². The van der Waals surface area contributed by atoms with E-state index in [0.717, 1.165) is 23.9 Å². The average molecular weight is 566 g/mol. The molecule has 1 amide bonds. The SMILES string of the molecule is COCCOC(=O)C1=C(C)NC(SCC(=O)Nc2cccc(C(F)(F)F)c2)=C(C#N)C1c1ccc(Cl)cc1. The smallest absolute Gasteiger partial charge is 0.416 e. The number of nitrogens with zero attached hydrogens (tertiary/aromatic N) is 1. The van der Waals surface area contributed by atoms with Gasteiger partial charge in [0.2, 0.25) is 5.91 Å². The first-order valence-electron chi connectivity index (χ1n) is 11.2. The molecule has 2 N–H and O–H groups in total. The molecule has 0 fully saturated rings. The van der Waals surface area contributed by atoms with Gasteiger partial charge in [-0.2, -0.15) is 18.4 Å². The second-order valence-corrected chi connectivity index (χ2v) is 9.47. The number of halogens is 4. The molecule has 0 bridgehead atoms. The van der Waals surface area contributed by atoms with E-state index in [1.807, 2.05) is 0 Å². The van der Waals surface area contributed by atoms with E-state index < -0.39 is 29.5 Å². The predicted octanol–water partition coefficient (Wildman–Crippen LogP) is 5.62. The highest BCUT2D eigenvalue weighted by Gasteiger charge is 2.36. The monoisotopic (exact) mass is 565 g/mol. The Bertz CT molecular complexity index is 1300. The van der Waals surface area contributed by atoms with Crippen molar-refractivity contribution in [3.63, 3.8) is 0 Å². The van der Waals surface area contributed by atoms with Crippen LogP contribution in [0.2, 0.25) is 5.02 Å². The molecule has 200 valence electrons. The largest absolute Gasteiger partial charge is 0.460 e. The summed E-state index contributed by atoms with van der Waals surface area (Å²) >= 11 is 7.02. The molecule has 0 saturated heterocycles. The highest BCUT2D eigenvalue weighted by Crippen LogP contribution is 2.41. The Labute approximate surface area is 226 Å². The molecule has 3 rings (SSSR count). The fourth-order valence-electron chi connectivity index (χ4n) is 3.69. The van der Waals surface area contributed by atoms with Gasteiger partial charge in [0.1, 0.15) is 6.61 Å². The number of amides is 1. The lowest BCUT2D eigenvalue weighted by Gasteiger charge is -2.29. The number of anilines is 1. The summed E-state index contributed by atoms with van der Waals surface area (Å²) in [7, 11) is 1.47. The summed E-state index contributed by atoms with van der Waals surface area (Å²) in [5.74, 6) is -2.22. The van der Waals surface area contributed by atoms with Crippen LogP contribution in [0, 0.1) is 11.3 Å². The van der Waals surface area contributed by atoms with Gasteiger partial charge in [-0.05, 0) is 42.8 Å². The Morgan fingerprint density at radius 3 is 2.53 bits per heavy atom. The average Bonchev–Trinajstić information content (AvgIpc) is 2.87. The summed E-state index contributed by atoms with van der Waals surface area (Å²) in [5.41, 5.74) is 0.533. The number of methoxy groups -OCH3 is 1. The van der Waals surface area contributed by atoms with Crippen LogP contribution in [-0.4, -0.2) is 38.0 Å². The first-order chi connectivity index (χ1) is 18.0. The number of carbonyl (C=O) groups is 2. The molecule has 2 aromatic carbocycles. The van der Waals surface area contributed by atoms with Crippen LogP contribution in [0.5, 0.6) is 0 Å². The zero-order chi connectivity index (χ0) is 27.9. The molecule has 7 nitrogen and oxygen atoms in total. The highest BCUT2D eigenvalue weighted by atomic mass is 35.5. The molecule has 1 atom stereocenters. The molecule has 0 aromatic heterocycles. The summed E-state index contributed by atoms with van der Waals surface area (Å²) in [5, 5.41) is 16.3. The fraction of sp³-hybridized carbons (Fsp3) is 0.269. The van der Waals surface area contributed by atoms with Crippen molar-refractivity contribution in [2.45, 2.75) is 19.0 Å². The van der Waals surface area contributed by atoms with Crippen molar-refractivity contribution >= 4 is 40.9 Å². The number of thioether (sulfide) groups is 1. The number of ether oxygens (including phenoxy) is 2. The number of allylic oxidation sites excluding steroid dienone is 2. The first kappa shape index (κ1) is 29.1. The molecule has 0 aliphatic carbocycles. The number of rotatable bonds is 9. The van der Waals surface area contributed by atoms with Gasteiger partial charge < -0.3 is 20.1 Å². The number of nitrogens with one attached hydrogen (secondary N) is 2. The molecule has 12 heteroatoms. The predicted molar refractivity (Wildman–Crippen MR) is 138 cm³/mol. The zero-order valence-corrected chi connectivity index (χ0v) is 21.9. The Morgan fingerprint density at radius 2 is 1.89 bits per heavy atom. The maximum absolute atomic E-state index is 13.0. The minimum atomic E-state index is -4.54. The van der Waals surface area contributed by atoms with Crippen molar-refractivity contribution in [2.75, 3.05) is 31.4 Å². The van der Waals surface area contributed by atoms with Gasteiger partial charge in [0.05, 0.1) is 46.1 Å². The molecule has 1 unspecified atom stereocenters. The summed E-state index contributed by atoms with van der Waals surface area (Å²) in [6.07, 6.45) is -4.54. The van der Waals surface area contributed by atoms with E-state index in [9.17, 15) is 28.0 Å². The third kappa shape index (κ3) is 7.31. The van der Waals surface area contributed by atoms with Crippen molar-refractivity contribution < 1.29 is 32.2 Å². The molecule has 38 heavy (non-hydrogen) atoms. The van der Waals surface area contributed by atoms with Crippen molar-refractivity contribution in [3.05, 3.63) is 86.6 Å². The number of hydrogen-bond donors (Lipinski definition) is 2. The molecule has 1 aliphatic heterocycles. The summed E-state index contributed by atoms with van der Waals surface area (Å²) < 4.78 is 49.2. The quantitative estimate of drug-likeness (QED) is 0.301. The normalized spacial score (nSPS) is 15.6.